The monoisotopic (exact) mass is 168 g/mol. The van der Waals surface area contributed by atoms with Crippen molar-refractivity contribution < 1.29 is 14.3 Å². The molecule has 1 aromatic heterocycles. The van der Waals surface area contributed by atoms with Gasteiger partial charge in [0.05, 0.1) is 31.5 Å². The predicted octanol–water partition coefficient (Wildman–Crippen LogP) is 1.06. The van der Waals surface area contributed by atoms with Crippen LogP contribution >= 0.6 is 0 Å². The second-order valence-corrected chi connectivity index (χ2v) is 3.24. The first-order chi connectivity index (χ1) is 5.77. The Kier molecular flexibility index (Phi) is 1.90. The van der Waals surface area contributed by atoms with Gasteiger partial charge in [-0.2, -0.15) is 0 Å². The Bertz CT molecular complexity index is 266. The number of aliphatic hydroxyl groups is 1. The number of rotatable bonds is 1. The third-order valence-corrected chi connectivity index (χ3v) is 2.17. The molecule has 2 unspecified atom stereocenters. The molecule has 2 atom stereocenters. The smallest absolute Gasteiger partial charge is 0.112 e. The van der Waals surface area contributed by atoms with Gasteiger partial charge in [0.2, 0.25) is 0 Å². The fourth-order valence-corrected chi connectivity index (χ4v) is 1.46. The molecule has 1 saturated heterocycles. The fraction of sp³-hybridized carbons (Fsp3) is 0.556. The third kappa shape index (κ3) is 1.26. The van der Waals surface area contributed by atoms with Crippen LogP contribution < -0.4 is 0 Å². The summed E-state index contributed by atoms with van der Waals surface area (Å²) in [5.41, 5.74) is 1.09. The molecule has 66 valence electrons. The first kappa shape index (κ1) is 7.83. The highest BCUT2D eigenvalue weighted by Gasteiger charge is 2.29. The van der Waals surface area contributed by atoms with Gasteiger partial charge in [0.1, 0.15) is 5.76 Å². The van der Waals surface area contributed by atoms with E-state index >= 15 is 0 Å². The Morgan fingerprint density at radius 2 is 2.33 bits per heavy atom. The maximum absolute atomic E-state index is 9.47. The van der Waals surface area contributed by atoms with E-state index in [2.05, 4.69) is 0 Å². The Morgan fingerprint density at radius 3 is 2.83 bits per heavy atom. The molecule has 3 nitrogen and oxygen atoms in total. The lowest BCUT2D eigenvalue weighted by atomic mass is 10.0. The zero-order chi connectivity index (χ0) is 8.55. The van der Waals surface area contributed by atoms with Crippen molar-refractivity contribution in [2.75, 3.05) is 13.2 Å². The van der Waals surface area contributed by atoms with Crippen molar-refractivity contribution in [3.8, 4) is 0 Å². The minimum Gasteiger partial charge on any atom is -0.469 e. The molecule has 0 spiro atoms. The summed E-state index contributed by atoms with van der Waals surface area (Å²) < 4.78 is 10.4. The number of aliphatic hydroxyl groups excluding tert-OH is 1. The maximum atomic E-state index is 9.47. The van der Waals surface area contributed by atoms with Gasteiger partial charge in [0.25, 0.3) is 0 Å². The average Bonchev–Trinajstić information content (AvgIpc) is 2.58. The third-order valence-electron chi connectivity index (χ3n) is 2.17. The molecule has 0 bridgehead atoms. The molecule has 1 aromatic rings. The molecule has 0 saturated carbocycles. The van der Waals surface area contributed by atoms with Gasteiger partial charge >= 0.3 is 0 Å². The minimum atomic E-state index is -0.407. The largest absolute Gasteiger partial charge is 0.469 e. The molecule has 3 heteroatoms. The van der Waals surface area contributed by atoms with E-state index in [0.717, 1.165) is 11.3 Å². The van der Waals surface area contributed by atoms with Gasteiger partial charge in [-0.05, 0) is 18.6 Å². The van der Waals surface area contributed by atoms with Crippen LogP contribution in [0.4, 0.5) is 0 Å². The minimum absolute atomic E-state index is 0.0266. The number of hydrogen-bond acceptors (Lipinski definition) is 3. The van der Waals surface area contributed by atoms with Crippen molar-refractivity contribution in [2.45, 2.75) is 18.9 Å². The van der Waals surface area contributed by atoms with Gasteiger partial charge in [-0.15, -0.1) is 0 Å². The lowest BCUT2D eigenvalue weighted by Gasteiger charge is -2.07. The van der Waals surface area contributed by atoms with Crippen LogP contribution in [0.25, 0.3) is 0 Å². The Balaban J connectivity index is 2.19. The summed E-state index contributed by atoms with van der Waals surface area (Å²) in [6.07, 6.45) is 1.29. The molecule has 1 aliphatic rings. The number of ether oxygens (including phenoxy) is 1. The van der Waals surface area contributed by atoms with Crippen LogP contribution in [0, 0.1) is 6.92 Å². The van der Waals surface area contributed by atoms with Crippen LogP contribution in [0.1, 0.15) is 17.2 Å². The molecular weight excluding hydrogens is 156 g/mol. The summed E-state index contributed by atoms with van der Waals surface area (Å²) in [6.45, 7) is 2.95. The van der Waals surface area contributed by atoms with Crippen molar-refractivity contribution >= 4 is 0 Å². The zero-order valence-corrected chi connectivity index (χ0v) is 6.99. The maximum Gasteiger partial charge on any atom is 0.112 e. The van der Waals surface area contributed by atoms with Crippen LogP contribution in [0.3, 0.4) is 0 Å². The van der Waals surface area contributed by atoms with E-state index in [9.17, 15) is 5.11 Å². The number of furan rings is 1. The number of aryl methyl sites for hydroxylation is 1. The van der Waals surface area contributed by atoms with Gasteiger partial charge in [0, 0.05) is 0 Å². The second kappa shape index (κ2) is 2.92. The van der Waals surface area contributed by atoms with Crippen LogP contribution in [0.2, 0.25) is 0 Å². The summed E-state index contributed by atoms with van der Waals surface area (Å²) >= 11 is 0. The normalized spacial score (nSPS) is 29.5. The lowest BCUT2D eigenvalue weighted by Crippen LogP contribution is -2.14. The van der Waals surface area contributed by atoms with Crippen molar-refractivity contribution in [1.29, 1.82) is 0 Å². The molecule has 12 heavy (non-hydrogen) atoms. The van der Waals surface area contributed by atoms with E-state index in [1.54, 1.807) is 6.26 Å². The average molecular weight is 168 g/mol. The van der Waals surface area contributed by atoms with Crippen molar-refractivity contribution in [3.63, 3.8) is 0 Å². The van der Waals surface area contributed by atoms with E-state index in [4.69, 9.17) is 9.15 Å². The van der Waals surface area contributed by atoms with Crippen LogP contribution in [0.15, 0.2) is 16.7 Å². The Labute approximate surface area is 71.0 Å². The number of hydrogen-bond donors (Lipinski definition) is 1. The predicted molar refractivity (Wildman–Crippen MR) is 43.0 cm³/mol. The van der Waals surface area contributed by atoms with Gasteiger partial charge in [-0.3, -0.25) is 0 Å². The Morgan fingerprint density at radius 1 is 1.50 bits per heavy atom. The molecular formula is C9H12O3. The van der Waals surface area contributed by atoms with Crippen LogP contribution in [0.5, 0.6) is 0 Å². The van der Waals surface area contributed by atoms with E-state index in [1.807, 2.05) is 13.0 Å². The molecule has 1 aliphatic heterocycles. The topological polar surface area (TPSA) is 42.6 Å². The van der Waals surface area contributed by atoms with E-state index < -0.39 is 6.10 Å². The van der Waals surface area contributed by atoms with Gasteiger partial charge in [-0.1, -0.05) is 0 Å². The fourth-order valence-electron chi connectivity index (χ4n) is 1.46. The molecule has 0 aliphatic carbocycles. The molecule has 0 aromatic carbocycles. The van der Waals surface area contributed by atoms with Gasteiger partial charge < -0.3 is 14.3 Å². The quantitative estimate of drug-likeness (QED) is 0.681. The second-order valence-electron chi connectivity index (χ2n) is 3.24. The van der Waals surface area contributed by atoms with E-state index in [-0.39, 0.29) is 5.92 Å². The lowest BCUT2D eigenvalue weighted by molar-refractivity contribution is 0.123. The van der Waals surface area contributed by atoms with Crippen LogP contribution in [-0.2, 0) is 4.74 Å². The van der Waals surface area contributed by atoms with Crippen molar-refractivity contribution in [2.24, 2.45) is 0 Å². The van der Waals surface area contributed by atoms with Crippen molar-refractivity contribution in [3.05, 3.63) is 23.7 Å². The summed E-state index contributed by atoms with van der Waals surface area (Å²) in [4.78, 5) is 0. The summed E-state index contributed by atoms with van der Waals surface area (Å²) in [5.74, 6) is 0.858. The molecule has 0 amide bonds. The first-order valence-electron chi connectivity index (χ1n) is 4.08. The zero-order valence-electron chi connectivity index (χ0n) is 6.99. The summed E-state index contributed by atoms with van der Waals surface area (Å²) in [5, 5.41) is 9.47. The van der Waals surface area contributed by atoms with E-state index in [1.165, 1.54) is 0 Å². The van der Waals surface area contributed by atoms with Gasteiger partial charge in [-0.25, -0.2) is 0 Å². The standard InChI is InChI=1S/C9H12O3/c1-6-2-9(12-3-6)7-4-11-5-8(7)10/h2-3,7-8,10H,4-5H2,1H3. The first-order valence-corrected chi connectivity index (χ1v) is 4.08. The summed E-state index contributed by atoms with van der Waals surface area (Å²) in [7, 11) is 0. The molecule has 1 fully saturated rings. The molecule has 0 radical (unpaired) electrons. The summed E-state index contributed by atoms with van der Waals surface area (Å²) in [6, 6.07) is 1.95. The highest BCUT2D eigenvalue weighted by Crippen LogP contribution is 2.26. The van der Waals surface area contributed by atoms with Crippen molar-refractivity contribution in [1.82, 2.24) is 0 Å². The molecule has 2 rings (SSSR count). The SMILES string of the molecule is Cc1coc(C2COCC2O)c1. The highest BCUT2D eigenvalue weighted by molar-refractivity contribution is 5.16. The molecule has 1 N–H and O–H groups in total. The van der Waals surface area contributed by atoms with E-state index in [0.29, 0.717) is 13.2 Å². The highest BCUT2D eigenvalue weighted by atomic mass is 16.5. The molecule has 2 heterocycles. The van der Waals surface area contributed by atoms with Gasteiger partial charge in [0.15, 0.2) is 0 Å². The van der Waals surface area contributed by atoms with Crippen LogP contribution in [-0.4, -0.2) is 24.4 Å². The Hall–Kier alpha value is -0.800.